The maximum Gasteiger partial charge on any atom is 0.435 e. The average Bonchev–Trinajstić information content (AvgIpc) is 3.14. The highest BCUT2D eigenvalue weighted by Gasteiger charge is 2.35. The molecule has 144 valence electrons. The first-order valence-electron chi connectivity index (χ1n) is 7.38. The first kappa shape index (κ1) is 19.2. The highest BCUT2D eigenvalue weighted by Crippen LogP contribution is 2.39. The molecule has 4 nitrogen and oxygen atoms in total. The second-order valence-electron chi connectivity index (χ2n) is 5.62. The Labute approximate surface area is 153 Å². The molecular weight excluding hydrogens is 396 g/mol. The number of nitrogens with zero attached hydrogens (tertiary/aromatic N) is 3. The fraction of sp³-hybridized carbons (Fsp3) is 0.250. The van der Waals surface area contributed by atoms with E-state index in [1.54, 1.807) is 13.0 Å². The van der Waals surface area contributed by atoms with Crippen LogP contribution in [0.2, 0.25) is 0 Å². The summed E-state index contributed by atoms with van der Waals surface area (Å²) < 4.78 is 82.8. The van der Waals surface area contributed by atoms with Crippen molar-refractivity contribution in [2.45, 2.75) is 19.3 Å². The molecule has 0 spiro atoms. The Morgan fingerprint density at radius 2 is 1.70 bits per heavy atom. The van der Waals surface area contributed by atoms with Crippen molar-refractivity contribution in [3.05, 3.63) is 46.5 Å². The van der Waals surface area contributed by atoms with Crippen molar-refractivity contribution in [2.75, 3.05) is 0 Å². The molecule has 0 fully saturated rings. The van der Waals surface area contributed by atoms with Crippen LogP contribution >= 0.6 is 11.3 Å². The van der Waals surface area contributed by atoms with E-state index < -0.39 is 22.9 Å². The number of halogens is 6. The minimum Gasteiger partial charge on any atom is -0.421 e. The summed E-state index contributed by atoms with van der Waals surface area (Å²) in [5.41, 5.74) is -0.278. The van der Waals surface area contributed by atoms with E-state index in [0.29, 0.717) is 16.9 Å². The Bertz CT molecular complexity index is 973. The molecule has 0 aromatic carbocycles. The van der Waals surface area contributed by atoms with Crippen LogP contribution < -0.4 is 4.74 Å². The van der Waals surface area contributed by atoms with Gasteiger partial charge in [-0.15, -0.1) is 11.3 Å². The molecule has 0 saturated carbocycles. The van der Waals surface area contributed by atoms with Gasteiger partial charge in [0.25, 0.3) is 0 Å². The Hall–Kier alpha value is -2.56. The van der Waals surface area contributed by atoms with Gasteiger partial charge in [-0.05, 0) is 30.7 Å². The standard InChI is InChI=1S/C16H11F6N3OS/c1-8-5-9(10-3-4-12(27-10)16(20,21)22)23-13(6-8)26-14-7-11(15(17,18)19)24-25(14)2/h3-7H,1-2H3. The Morgan fingerprint density at radius 3 is 2.26 bits per heavy atom. The number of aromatic nitrogens is 3. The van der Waals surface area contributed by atoms with Crippen LogP contribution in [-0.2, 0) is 19.4 Å². The number of aryl methyl sites for hydroxylation is 2. The van der Waals surface area contributed by atoms with Gasteiger partial charge in [0.1, 0.15) is 4.88 Å². The lowest BCUT2D eigenvalue weighted by Crippen LogP contribution is -2.06. The van der Waals surface area contributed by atoms with E-state index in [-0.39, 0.29) is 22.3 Å². The summed E-state index contributed by atoms with van der Waals surface area (Å²) in [5.74, 6) is -0.253. The minimum atomic E-state index is -4.63. The maximum atomic E-state index is 12.8. The number of rotatable bonds is 3. The van der Waals surface area contributed by atoms with Crippen LogP contribution in [0.15, 0.2) is 30.3 Å². The van der Waals surface area contributed by atoms with Crippen molar-refractivity contribution in [1.29, 1.82) is 0 Å². The third-order valence-electron chi connectivity index (χ3n) is 3.42. The highest BCUT2D eigenvalue weighted by atomic mass is 32.1. The lowest BCUT2D eigenvalue weighted by molar-refractivity contribution is -0.141. The number of ether oxygens (including phenoxy) is 1. The fourth-order valence-corrected chi connectivity index (χ4v) is 3.07. The minimum absolute atomic E-state index is 0.0521. The summed E-state index contributed by atoms with van der Waals surface area (Å²) in [4.78, 5) is 3.59. The summed E-state index contributed by atoms with van der Waals surface area (Å²) in [6.45, 7) is 1.67. The molecule has 3 aromatic rings. The predicted octanol–water partition coefficient (Wildman–Crippen LogP) is 5.68. The van der Waals surface area contributed by atoms with E-state index in [1.165, 1.54) is 19.2 Å². The lowest BCUT2D eigenvalue weighted by Gasteiger charge is -2.07. The van der Waals surface area contributed by atoms with Crippen LogP contribution in [0.5, 0.6) is 11.8 Å². The molecule has 0 amide bonds. The molecule has 3 aromatic heterocycles. The smallest absolute Gasteiger partial charge is 0.421 e. The number of hydrogen-bond acceptors (Lipinski definition) is 4. The molecular formula is C16H11F6N3OS. The van der Waals surface area contributed by atoms with E-state index in [9.17, 15) is 26.3 Å². The Balaban J connectivity index is 1.93. The SMILES string of the molecule is Cc1cc(Oc2cc(C(F)(F)F)nn2C)nc(-c2ccc(C(F)(F)F)s2)c1. The molecule has 0 aliphatic rings. The van der Waals surface area contributed by atoms with Gasteiger partial charge in [0.05, 0.1) is 10.6 Å². The summed E-state index contributed by atoms with van der Waals surface area (Å²) in [6, 6.07) is 5.97. The third kappa shape index (κ3) is 4.24. The van der Waals surface area contributed by atoms with Crippen molar-refractivity contribution >= 4 is 11.3 Å². The van der Waals surface area contributed by atoms with Crippen LogP contribution in [0.3, 0.4) is 0 Å². The third-order valence-corrected chi connectivity index (χ3v) is 4.57. The number of alkyl halides is 6. The first-order valence-corrected chi connectivity index (χ1v) is 8.20. The second-order valence-corrected chi connectivity index (χ2v) is 6.70. The molecule has 0 saturated heterocycles. The zero-order valence-electron chi connectivity index (χ0n) is 13.8. The van der Waals surface area contributed by atoms with Crippen LogP contribution in [0, 0.1) is 6.92 Å². The Morgan fingerprint density at radius 1 is 1.00 bits per heavy atom. The van der Waals surface area contributed by atoms with Crippen LogP contribution in [0.25, 0.3) is 10.6 Å². The van der Waals surface area contributed by atoms with Gasteiger partial charge in [0.2, 0.25) is 11.8 Å². The van der Waals surface area contributed by atoms with Gasteiger partial charge in [-0.3, -0.25) is 0 Å². The molecule has 27 heavy (non-hydrogen) atoms. The first-order chi connectivity index (χ1) is 12.4. The maximum absolute atomic E-state index is 12.8. The van der Waals surface area contributed by atoms with E-state index in [1.807, 2.05) is 0 Å². The van der Waals surface area contributed by atoms with E-state index in [4.69, 9.17) is 4.74 Å². The molecule has 3 rings (SSSR count). The molecule has 0 unspecified atom stereocenters. The molecule has 11 heteroatoms. The van der Waals surface area contributed by atoms with Crippen molar-refractivity contribution in [2.24, 2.45) is 7.05 Å². The van der Waals surface area contributed by atoms with Crippen molar-refractivity contribution in [3.8, 4) is 22.3 Å². The van der Waals surface area contributed by atoms with Gasteiger partial charge in [0.15, 0.2) is 5.69 Å². The van der Waals surface area contributed by atoms with E-state index >= 15 is 0 Å². The average molecular weight is 407 g/mol. The van der Waals surface area contributed by atoms with Crippen LogP contribution in [0.4, 0.5) is 26.3 Å². The topological polar surface area (TPSA) is 39.9 Å². The van der Waals surface area contributed by atoms with Gasteiger partial charge in [-0.25, -0.2) is 9.67 Å². The van der Waals surface area contributed by atoms with Crippen LogP contribution in [-0.4, -0.2) is 14.8 Å². The van der Waals surface area contributed by atoms with Gasteiger partial charge >= 0.3 is 12.4 Å². The van der Waals surface area contributed by atoms with Gasteiger partial charge in [-0.2, -0.15) is 31.4 Å². The normalized spacial score (nSPS) is 12.4. The van der Waals surface area contributed by atoms with Gasteiger partial charge < -0.3 is 4.74 Å². The second kappa shape index (κ2) is 6.55. The molecule has 0 aliphatic heterocycles. The lowest BCUT2D eigenvalue weighted by atomic mass is 10.2. The van der Waals surface area contributed by atoms with Crippen molar-refractivity contribution in [3.63, 3.8) is 0 Å². The molecule has 0 atom stereocenters. The summed E-state index contributed by atoms with van der Waals surface area (Å²) in [6.07, 6.45) is -9.09. The molecule has 0 aliphatic carbocycles. The monoisotopic (exact) mass is 407 g/mol. The van der Waals surface area contributed by atoms with Crippen LogP contribution in [0.1, 0.15) is 16.1 Å². The quantitative estimate of drug-likeness (QED) is 0.525. The predicted molar refractivity (Wildman–Crippen MR) is 85.6 cm³/mol. The largest absolute Gasteiger partial charge is 0.435 e. The zero-order chi connectivity index (χ0) is 20.0. The summed E-state index contributed by atoms with van der Waals surface area (Å²) in [5, 5.41) is 3.33. The number of hydrogen-bond donors (Lipinski definition) is 0. The van der Waals surface area contributed by atoms with E-state index in [0.717, 1.165) is 16.8 Å². The summed E-state index contributed by atoms with van der Waals surface area (Å²) in [7, 11) is 1.27. The van der Waals surface area contributed by atoms with E-state index in [2.05, 4.69) is 10.1 Å². The number of pyridine rings is 1. The summed E-state index contributed by atoms with van der Waals surface area (Å²) >= 11 is 0.518. The van der Waals surface area contributed by atoms with Gasteiger partial charge in [-0.1, -0.05) is 0 Å². The number of thiophene rings is 1. The molecule has 3 heterocycles. The fourth-order valence-electron chi connectivity index (χ4n) is 2.23. The molecule has 0 N–H and O–H groups in total. The van der Waals surface area contributed by atoms with Crippen molar-refractivity contribution < 1.29 is 31.1 Å². The highest BCUT2D eigenvalue weighted by molar-refractivity contribution is 7.15. The molecule has 0 radical (unpaired) electrons. The Kier molecular flexibility index (Phi) is 4.66. The zero-order valence-corrected chi connectivity index (χ0v) is 14.6. The van der Waals surface area contributed by atoms with Crippen molar-refractivity contribution in [1.82, 2.24) is 14.8 Å². The van der Waals surface area contributed by atoms with Gasteiger partial charge in [0, 0.05) is 19.2 Å². The molecule has 0 bridgehead atoms.